The zero-order chi connectivity index (χ0) is 22.5. The number of ether oxygens (including phenoxy) is 1. The number of aryl methyl sites for hydroxylation is 1. The summed E-state index contributed by atoms with van der Waals surface area (Å²) >= 11 is 0. The van der Waals surface area contributed by atoms with Gasteiger partial charge in [-0.15, -0.1) is 4.80 Å². The van der Waals surface area contributed by atoms with Crippen LogP contribution in [0.1, 0.15) is 34.6 Å². The van der Waals surface area contributed by atoms with Crippen molar-refractivity contribution >= 4 is 5.91 Å². The van der Waals surface area contributed by atoms with Gasteiger partial charge in [0.1, 0.15) is 11.8 Å². The Morgan fingerprint density at radius 2 is 1.91 bits per heavy atom. The summed E-state index contributed by atoms with van der Waals surface area (Å²) in [5.74, 6) is 0.111. The molecular formula is C21H19F3N6O2. The maximum atomic E-state index is 13.5. The predicted octanol–water partition coefficient (Wildman–Crippen LogP) is 3.07. The predicted molar refractivity (Wildman–Crippen MR) is 105 cm³/mol. The quantitative estimate of drug-likeness (QED) is 0.615. The van der Waals surface area contributed by atoms with Crippen molar-refractivity contribution in [3.05, 3.63) is 59.8 Å². The molecule has 3 aromatic heterocycles. The van der Waals surface area contributed by atoms with Crippen LogP contribution in [-0.4, -0.2) is 54.5 Å². The lowest BCUT2D eigenvalue weighted by atomic mass is 10.1. The summed E-state index contributed by atoms with van der Waals surface area (Å²) in [5, 5.41) is 8.22. The molecule has 166 valence electrons. The number of carbonyl (C=O) groups is 1. The zero-order valence-electron chi connectivity index (χ0n) is 17.0. The van der Waals surface area contributed by atoms with E-state index in [-0.39, 0.29) is 35.5 Å². The second-order valence-electron chi connectivity index (χ2n) is 8.04. The summed E-state index contributed by atoms with van der Waals surface area (Å²) in [5.41, 5.74) is 0.589. The van der Waals surface area contributed by atoms with Crippen LogP contribution in [0.5, 0.6) is 5.88 Å². The molecule has 11 heteroatoms. The molecule has 3 atom stereocenters. The fraction of sp³-hybridized carbons (Fsp3) is 0.381. The number of halogens is 3. The van der Waals surface area contributed by atoms with Crippen molar-refractivity contribution in [2.24, 2.45) is 5.92 Å². The Kier molecular flexibility index (Phi) is 4.83. The number of fused-ring (bicyclic) bond motifs is 2. The van der Waals surface area contributed by atoms with Crippen molar-refractivity contribution in [1.29, 1.82) is 0 Å². The molecule has 0 spiro atoms. The van der Waals surface area contributed by atoms with Gasteiger partial charge in [0.05, 0.1) is 24.0 Å². The third-order valence-electron chi connectivity index (χ3n) is 5.87. The van der Waals surface area contributed by atoms with Crippen molar-refractivity contribution in [1.82, 2.24) is 29.9 Å². The highest BCUT2D eigenvalue weighted by Crippen LogP contribution is 2.40. The Morgan fingerprint density at radius 1 is 1.12 bits per heavy atom. The van der Waals surface area contributed by atoms with Crippen molar-refractivity contribution in [2.75, 3.05) is 6.54 Å². The van der Waals surface area contributed by atoms with E-state index in [4.69, 9.17) is 4.74 Å². The van der Waals surface area contributed by atoms with Gasteiger partial charge in [0.15, 0.2) is 5.69 Å². The Balaban J connectivity index is 1.37. The molecule has 32 heavy (non-hydrogen) atoms. The molecule has 4 heterocycles. The van der Waals surface area contributed by atoms with Crippen molar-refractivity contribution in [3.63, 3.8) is 0 Å². The maximum Gasteiger partial charge on any atom is 0.417 e. The number of hydrogen-bond donors (Lipinski definition) is 0. The van der Waals surface area contributed by atoms with Crippen LogP contribution in [0.15, 0.2) is 42.9 Å². The van der Waals surface area contributed by atoms with Gasteiger partial charge in [-0.1, -0.05) is 0 Å². The Morgan fingerprint density at radius 3 is 2.56 bits per heavy atom. The first kappa shape index (κ1) is 20.4. The van der Waals surface area contributed by atoms with Crippen LogP contribution in [0.25, 0.3) is 5.69 Å². The average molecular weight is 444 g/mol. The topological polar surface area (TPSA) is 86.0 Å². The second-order valence-corrected chi connectivity index (χ2v) is 8.04. The third-order valence-corrected chi connectivity index (χ3v) is 5.87. The van der Waals surface area contributed by atoms with E-state index in [1.54, 1.807) is 24.0 Å². The van der Waals surface area contributed by atoms with Gasteiger partial charge >= 0.3 is 6.18 Å². The smallest absolute Gasteiger partial charge is 0.417 e. The highest BCUT2D eigenvalue weighted by atomic mass is 19.4. The first-order valence-electron chi connectivity index (χ1n) is 10.1. The Labute approximate surface area is 181 Å². The first-order valence-corrected chi connectivity index (χ1v) is 10.1. The molecule has 3 aromatic rings. The number of likely N-dealkylation sites (tertiary alicyclic amines) is 1. The summed E-state index contributed by atoms with van der Waals surface area (Å²) in [6.45, 7) is 2.38. The van der Waals surface area contributed by atoms with Crippen LogP contribution in [0.3, 0.4) is 0 Å². The molecule has 2 bridgehead atoms. The van der Waals surface area contributed by atoms with Gasteiger partial charge < -0.3 is 9.64 Å². The van der Waals surface area contributed by atoms with Gasteiger partial charge in [-0.25, -0.2) is 9.97 Å². The molecule has 1 aliphatic carbocycles. The normalized spacial score (nSPS) is 22.4. The van der Waals surface area contributed by atoms with E-state index in [0.29, 0.717) is 24.3 Å². The van der Waals surface area contributed by atoms with Crippen LogP contribution in [-0.2, 0) is 6.18 Å². The molecular weight excluding hydrogens is 425 g/mol. The highest BCUT2D eigenvalue weighted by molar-refractivity contribution is 5.96. The van der Waals surface area contributed by atoms with Crippen LogP contribution in [0.2, 0.25) is 0 Å². The fourth-order valence-corrected chi connectivity index (χ4v) is 4.44. The summed E-state index contributed by atoms with van der Waals surface area (Å²) in [6, 6.07) is 5.48. The minimum atomic E-state index is -4.46. The largest absolute Gasteiger partial charge is 0.472 e. The molecule has 1 saturated carbocycles. The van der Waals surface area contributed by atoms with Crippen LogP contribution in [0.4, 0.5) is 13.2 Å². The molecule has 2 aliphatic rings. The number of carbonyl (C=O) groups excluding carboxylic acids is 1. The van der Waals surface area contributed by atoms with E-state index in [1.165, 1.54) is 23.3 Å². The molecule has 1 amide bonds. The summed E-state index contributed by atoms with van der Waals surface area (Å²) in [4.78, 5) is 24.8. The van der Waals surface area contributed by atoms with Crippen molar-refractivity contribution in [3.8, 4) is 11.6 Å². The van der Waals surface area contributed by atoms with E-state index in [9.17, 15) is 18.0 Å². The standard InChI is InChI=1S/C21H19F3N6O2/c1-12-2-4-15(30-26-6-7-27-30)19(28-12)20(31)29-11-13-8-16(29)17(9-13)32-18-5-3-14(10-25-18)21(22,23)24/h2-7,10,13,16-17H,8-9,11H2,1H3/t13-,16+,17-/m0/s1. The second kappa shape index (κ2) is 7.57. The van der Waals surface area contributed by atoms with Gasteiger partial charge in [-0.3, -0.25) is 4.79 Å². The molecule has 8 nitrogen and oxygen atoms in total. The van der Waals surface area contributed by atoms with E-state index in [1.807, 2.05) is 0 Å². The van der Waals surface area contributed by atoms with E-state index in [2.05, 4.69) is 20.2 Å². The number of piperidine rings is 1. The lowest BCUT2D eigenvalue weighted by Crippen LogP contribution is -2.47. The molecule has 0 radical (unpaired) electrons. The number of nitrogens with zero attached hydrogens (tertiary/aromatic N) is 6. The maximum absolute atomic E-state index is 13.5. The number of alkyl halides is 3. The molecule has 0 N–H and O–H groups in total. The minimum Gasteiger partial charge on any atom is -0.472 e. The highest BCUT2D eigenvalue weighted by Gasteiger charge is 2.49. The number of aromatic nitrogens is 5. The van der Waals surface area contributed by atoms with Crippen LogP contribution < -0.4 is 4.74 Å². The van der Waals surface area contributed by atoms with Crippen molar-refractivity contribution < 1.29 is 22.7 Å². The number of pyridine rings is 2. The number of rotatable bonds is 4. The van der Waals surface area contributed by atoms with E-state index in [0.717, 1.165) is 18.7 Å². The molecule has 5 rings (SSSR count). The molecule has 1 saturated heterocycles. The van der Waals surface area contributed by atoms with Gasteiger partial charge in [-0.05, 0) is 43.9 Å². The minimum absolute atomic E-state index is 0.109. The summed E-state index contributed by atoms with van der Waals surface area (Å²) in [6.07, 6.45) is 0.469. The monoisotopic (exact) mass is 444 g/mol. The van der Waals surface area contributed by atoms with Crippen molar-refractivity contribution in [2.45, 2.75) is 38.1 Å². The summed E-state index contributed by atoms with van der Waals surface area (Å²) < 4.78 is 44.2. The van der Waals surface area contributed by atoms with Gasteiger partial charge in [-0.2, -0.15) is 23.4 Å². The van der Waals surface area contributed by atoms with E-state index >= 15 is 0 Å². The zero-order valence-corrected chi connectivity index (χ0v) is 17.0. The molecule has 0 aromatic carbocycles. The lowest BCUT2D eigenvalue weighted by Gasteiger charge is -2.33. The Bertz CT molecular complexity index is 1130. The molecule has 2 fully saturated rings. The van der Waals surface area contributed by atoms with Gasteiger partial charge in [0, 0.05) is 24.5 Å². The average Bonchev–Trinajstić information content (AvgIpc) is 3.50. The van der Waals surface area contributed by atoms with Crippen LogP contribution >= 0.6 is 0 Å². The third kappa shape index (κ3) is 3.67. The van der Waals surface area contributed by atoms with Gasteiger partial charge in [0.25, 0.3) is 5.91 Å². The fourth-order valence-electron chi connectivity index (χ4n) is 4.44. The lowest BCUT2D eigenvalue weighted by molar-refractivity contribution is -0.137. The molecule has 0 unspecified atom stereocenters. The summed E-state index contributed by atoms with van der Waals surface area (Å²) in [7, 11) is 0. The first-order chi connectivity index (χ1) is 15.3. The molecule has 1 aliphatic heterocycles. The SMILES string of the molecule is Cc1ccc(-n2nccn2)c(C(=O)N2C[C@@H]3C[C@H](Oc4ccc(C(F)(F)F)cn4)[C@H]2C3)n1. The van der Waals surface area contributed by atoms with E-state index < -0.39 is 11.7 Å². The number of amides is 1. The number of hydrogen-bond acceptors (Lipinski definition) is 6. The van der Waals surface area contributed by atoms with Crippen LogP contribution in [0, 0.1) is 12.8 Å². The van der Waals surface area contributed by atoms with Gasteiger partial charge in [0.2, 0.25) is 5.88 Å². The Hall–Kier alpha value is -3.50.